The number of hydrogen-bond acceptors (Lipinski definition) is 6. The Morgan fingerprint density at radius 1 is 1.12 bits per heavy atom. The average Bonchev–Trinajstić information content (AvgIpc) is 3.37. The number of thiophene rings is 1. The number of carbonyl (C=O) groups is 1. The molecule has 2 aromatic carbocycles. The van der Waals surface area contributed by atoms with Crippen LogP contribution in [0.5, 0.6) is 0 Å². The number of nitrogens with zero attached hydrogens (tertiary/aromatic N) is 2. The molecule has 0 fully saturated rings. The van der Waals surface area contributed by atoms with Crippen LogP contribution >= 0.6 is 34.7 Å². The predicted molar refractivity (Wildman–Crippen MR) is 127 cm³/mol. The minimum atomic E-state index is -4.03. The highest BCUT2D eigenvalue weighted by atomic mass is 35.5. The topological polar surface area (TPSA) is 81.1 Å². The minimum Gasteiger partial charge on any atom is -0.274 e. The Hall–Kier alpha value is -2.66. The summed E-state index contributed by atoms with van der Waals surface area (Å²) in [5, 5.41) is 4.94. The number of halogens is 2. The van der Waals surface area contributed by atoms with Crippen molar-refractivity contribution in [2.24, 2.45) is 0 Å². The van der Waals surface area contributed by atoms with E-state index in [-0.39, 0.29) is 10.6 Å². The Morgan fingerprint density at radius 2 is 1.82 bits per heavy atom. The maximum absolute atomic E-state index is 13.2. The third-order valence-electron chi connectivity index (χ3n) is 4.42. The highest BCUT2D eigenvalue weighted by Gasteiger charge is 2.22. The maximum atomic E-state index is 13.2. The summed E-state index contributed by atoms with van der Waals surface area (Å²) >= 11 is 8.36. The number of hydrogen-bond donors (Lipinski definition) is 1. The van der Waals surface area contributed by atoms with E-state index in [1.165, 1.54) is 46.8 Å². The van der Waals surface area contributed by atoms with E-state index in [9.17, 15) is 17.6 Å². The zero-order chi connectivity index (χ0) is 23.6. The molecule has 4 aromatic rings. The van der Waals surface area contributed by atoms with Crippen molar-refractivity contribution < 1.29 is 17.6 Å². The van der Waals surface area contributed by atoms with Gasteiger partial charge in [-0.2, -0.15) is 5.10 Å². The Kier molecular flexibility index (Phi) is 6.89. The van der Waals surface area contributed by atoms with Gasteiger partial charge < -0.3 is 0 Å². The Morgan fingerprint density at radius 3 is 2.52 bits per heavy atom. The van der Waals surface area contributed by atoms with Crippen LogP contribution in [0.2, 0.25) is 5.02 Å². The fourth-order valence-corrected chi connectivity index (χ4v) is 6.68. The van der Waals surface area contributed by atoms with E-state index in [0.717, 1.165) is 20.4 Å². The number of carbonyl (C=O) groups excluding carboxylic acids is 1. The van der Waals surface area contributed by atoms with Gasteiger partial charge in [-0.25, -0.2) is 22.2 Å². The monoisotopic (exact) mass is 521 g/mol. The quantitative estimate of drug-likeness (QED) is 0.360. The lowest BCUT2D eigenvalue weighted by Gasteiger charge is -2.08. The molecule has 0 bridgehead atoms. The van der Waals surface area contributed by atoms with Gasteiger partial charge in [-0.1, -0.05) is 23.4 Å². The summed E-state index contributed by atoms with van der Waals surface area (Å²) in [6.45, 7) is 1.75. The van der Waals surface area contributed by atoms with Gasteiger partial charge in [-0.3, -0.25) is 4.79 Å². The second kappa shape index (κ2) is 9.68. The van der Waals surface area contributed by atoms with Gasteiger partial charge in [0.2, 0.25) is 5.91 Å². The molecule has 170 valence electrons. The van der Waals surface area contributed by atoms with Gasteiger partial charge in [0.1, 0.15) is 10.0 Å². The van der Waals surface area contributed by atoms with Gasteiger partial charge in [0.25, 0.3) is 10.0 Å². The van der Waals surface area contributed by atoms with Crippen molar-refractivity contribution in [3.8, 4) is 5.69 Å². The van der Waals surface area contributed by atoms with Crippen LogP contribution in [0.15, 0.2) is 80.0 Å². The smallest absolute Gasteiger partial charge is 0.273 e. The third-order valence-corrected chi connectivity index (χ3v) is 8.76. The van der Waals surface area contributed by atoms with Crippen molar-refractivity contribution in [1.29, 1.82) is 0 Å². The first-order valence-corrected chi connectivity index (χ1v) is 13.1. The van der Waals surface area contributed by atoms with Crippen LogP contribution in [-0.4, -0.2) is 24.1 Å². The molecular weight excluding hydrogens is 505 g/mol. The normalized spacial score (nSPS) is 11.5. The lowest BCUT2D eigenvalue weighted by Crippen LogP contribution is -2.31. The van der Waals surface area contributed by atoms with Crippen LogP contribution in [0.4, 0.5) is 4.39 Å². The van der Waals surface area contributed by atoms with Crippen LogP contribution in [0.25, 0.3) is 5.69 Å². The number of nitrogens with one attached hydrogen (secondary N) is 1. The molecule has 0 spiro atoms. The van der Waals surface area contributed by atoms with E-state index >= 15 is 0 Å². The maximum Gasteiger partial charge on any atom is 0.273 e. The molecule has 0 aliphatic rings. The number of aromatic nitrogens is 2. The van der Waals surface area contributed by atoms with Gasteiger partial charge in [-0.15, -0.1) is 11.3 Å². The molecule has 0 unspecified atom stereocenters. The van der Waals surface area contributed by atoms with E-state index in [1.54, 1.807) is 31.2 Å². The molecule has 0 atom stereocenters. The first kappa shape index (κ1) is 23.5. The predicted octanol–water partition coefficient (Wildman–Crippen LogP) is 5.23. The first-order valence-electron chi connectivity index (χ1n) is 9.60. The van der Waals surface area contributed by atoms with Gasteiger partial charge in [0.05, 0.1) is 27.7 Å². The van der Waals surface area contributed by atoms with Crippen LogP contribution in [0, 0.1) is 12.7 Å². The molecule has 2 heterocycles. The highest BCUT2D eigenvalue weighted by Crippen LogP contribution is 2.35. The van der Waals surface area contributed by atoms with Gasteiger partial charge in [0.15, 0.2) is 0 Å². The summed E-state index contributed by atoms with van der Waals surface area (Å²) in [5.74, 6) is -1.09. The van der Waals surface area contributed by atoms with Crippen molar-refractivity contribution in [3.63, 3.8) is 0 Å². The second-order valence-corrected chi connectivity index (χ2v) is 11.8. The van der Waals surface area contributed by atoms with E-state index in [4.69, 9.17) is 11.6 Å². The van der Waals surface area contributed by atoms with Crippen molar-refractivity contribution in [2.45, 2.75) is 26.7 Å². The van der Waals surface area contributed by atoms with Crippen LogP contribution in [0.3, 0.4) is 0 Å². The average molecular weight is 522 g/mol. The summed E-state index contributed by atoms with van der Waals surface area (Å²) in [7, 11) is -4.03. The number of sulfonamides is 1. The van der Waals surface area contributed by atoms with Crippen LogP contribution in [-0.2, 0) is 21.2 Å². The first-order chi connectivity index (χ1) is 15.7. The third kappa shape index (κ3) is 5.83. The van der Waals surface area contributed by atoms with Crippen LogP contribution < -0.4 is 4.72 Å². The van der Waals surface area contributed by atoms with E-state index in [1.807, 2.05) is 12.1 Å². The molecule has 33 heavy (non-hydrogen) atoms. The lowest BCUT2D eigenvalue weighted by molar-refractivity contribution is -0.118. The standard InChI is InChI=1S/C22H17ClFN3O3S3/c1-14-12-18(27(25-14)17-6-4-16(24)5-7-17)13-20(28)26-33(29,30)22-11-10-21(32-22)31-19-8-2-15(23)3-9-19/h2-12H,13H2,1H3,(H,26,28). The Bertz CT molecular complexity index is 1400. The molecule has 6 nitrogen and oxygen atoms in total. The summed E-state index contributed by atoms with van der Waals surface area (Å²) in [4.78, 5) is 13.5. The van der Waals surface area contributed by atoms with Crippen molar-refractivity contribution >= 4 is 50.6 Å². The number of amides is 1. The molecule has 11 heteroatoms. The van der Waals surface area contributed by atoms with Gasteiger partial charge in [-0.05, 0) is 73.7 Å². The molecular formula is C22H17ClFN3O3S3. The summed E-state index contributed by atoms with van der Waals surface area (Å²) in [6.07, 6.45) is -0.213. The van der Waals surface area contributed by atoms with Gasteiger partial charge in [0, 0.05) is 9.92 Å². The molecule has 0 aliphatic heterocycles. The summed E-state index contributed by atoms with van der Waals surface area (Å²) < 4.78 is 43.1. The molecule has 1 amide bonds. The van der Waals surface area contributed by atoms with Crippen LogP contribution in [0.1, 0.15) is 11.4 Å². The zero-order valence-electron chi connectivity index (χ0n) is 17.2. The molecule has 4 rings (SSSR count). The molecule has 0 radical (unpaired) electrons. The molecule has 2 aromatic heterocycles. The van der Waals surface area contributed by atoms with Gasteiger partial charge >= 0.3 is 0 Å². The van der Waals surface area contributed by atoms with Crippen molar-refractivity contribution in [1.82, 2.24) is 14.5 Å². The summed E-state index contributed by atoms with van der Waals surface area (Å²) in [5.41, 5.74) is 1.70. The second-order valence-electron chi connectivity index (χ2n) is 7.00. The molecule has 0 saturated heterocycles. The SMILES string of the molecule is Cc1cc(CC(=O)NS(=O)(=O)c2ccc(Sc3ccc(Cl)cc3)s2)n(-c2ccc(F)cc2)n1. The summed E-state index contributed by atoms with van der Waals surface area (Å²) in [6, 6.07) is 17.7. The zero-order valence-corrected chi connectivity index (χ0v) is 20.4. The number of rotatable bonds is 7. The van der Waals surface area contributed by atoms with Crippen molar-refractivity contribution in [3.05, 3.63) is 89.0 Å². The Balaban J connectivity index is 1.46. The molecule has 0 saturated carbocycles. The van der Waals surface area contributed by atoms with Crippen molar-refractivity contribution in [2.75, 3.05) is 0 Å². The number of benzene rings is 2. The molecule has 0 aliphatic carbocycles. The Labute approximate surface area is 203 Å². The highest BCUT2D eigenvalue weighted by molar-refractivity contribution is 8.01. The van der Waals surface area contributed by atoms with E-state index < -0.39 is 21.7 Å². The minimum absolute atomic E-state index is 0.0375. The largest absolute Gasteiger partial charge is 0.274 e. The van der Waals surface area contributed by atoms with E-state index in [2.05, 4.69) is 9.82 Å². The fraction of sp³-hybridized carbons (Fsp3) is 0.0909. The number of aryl methyl sites for hydroxylation is 1. The lowest BCUT2D eigenvalue weighted by atomic mass is 10.2. The fourth-order valence-electron chi connectivity index (χ4n) is 3.01. The van der Waals surface area contributed by atoms with E-state index in [0.29, 0.717) is 22.1 Å². The molecule has 1 N–H and O–H groups in total.